The molecule has 10 heteroatoms. The van der Waals surface area contributed by atoms with Crippen molar-refractivity contribution in [3.63, 3.8) is 0 Å². The van der Waals surface area contributed by atoms with E-state index in [0.717, 1.165) is 5.69 Å². The maximum atomic E-state index is 12.0. The van der Waals surface area contributed by atoms with Crippen LogP contribution in [0.2, 0.25) is 5.02 Å². The highest BCUT2D eigenvalue weighted by atomic mass is 35.5. The number of rotatable bonds is 8. The molecule has 0 aliphatic heterocycles. The molecule has 0 aromatic carbocycles. The summed E-state index contributed by atoms with van der Waals surface area (Å²) in [6, 6.07) is 3.15. The number of aromatic amines is 1. The van der Waals surface area contributed by atoms with Crippen LogP contribution in [0.25, 0.3) is 0 Å². The van der Waals surface area contributed by atoms with Gasteiger partial charge in [0.1, 0.15) is 10.7 Å². The number of nitrogens with zero attached hydrogens (tertiary/aromatic N) is 2. The Balaban J connectivity index is 2.05. The van der Waals surface area contributed by atoms with E-state index in [1.54, 1.807) is 12.3 Å². The number of hydrogen-bond donors (Lipinski definition) is 3. The SMILES string of the molecule is COCCNS(=O)(=O)c1cnc(NCc2ccn[nH]2)c(Cl)c1. The molecule has 8 nitrogen and oxygen atoms in total. The van der Waals surface area contributed by atoms with Crippen LogP contribution in [-0.2, 0) is 21.3 Å². The minimum atomic E-state index is -3.65. The van der Waals surface area contributed by atoms with E-state index in [0.29, 0.717) is 12.4 Å². The Bertz CT molecular complexity index is 706. The van der Waals surface area contributed by atoms with Gasteiger partial charge >= 0.3 is 0 Å². The van der Waals surface area contributed by atoms with Gasteiger partial charge in [-0.25, -0.2) is 18.1 Å². The highest BCUT2D eigenvalue weighted by Crippen LogP contribution is 2.22. The number of nitrogens with one attached hydrogen (secondary N) is 3. The number of methoxy groups -OCH3 is 1. The molecule has 0 saturated carbocycles. The van der Waals surface area contributed by atoms with E-state index in [2.05, 4.69) is 25.2 Å². The average Bonchev–Trinajstić information content (AvgIpc) is 2.99. The summed E-state index contributed by atoms with van der Waals surface area (Å²) < 4.78 is 31.2. The lowest BCUT2D eigenvalue weighted by Gasteiger charge is -2.09. The van der Waals surface area contributed by atoms with E-state index >= 15 is 0 Å². The molecule has 22 heavy (non-hydrogen) atoms. The summed E-state index contributed by atoms with van der Waals surface area (Å²) >= 11 is 6.07. The molecular formula is C12H16ClN5O3S. The molecule has 2 rings (SSSR count). The molecule has 0 atom stereocenters. The third-order valence-electron chi connectivity index (χ3n) is 2.73. The van der Waals surface area contributed by atoms with Crippen molar-refractivity contribution in [2.75, 3.05) is 25.6 Å². The first-order valence-corrected chi connectivity index (χ1v) is 8.25. The van der Waals surface area contributed by atoms with E-state index in [9.17, 15) is 8.42 Å². The zero-order valence-corrected chi connectivity index (χ0v) is 13.4. The zero-order valence-electron chi connectivity index (χ0n) is 11.8. The van der Waals surface area contributed by atoms with Gasteiger partial charge in [0, 0.05) is 26.0 Å². The number of aromatic nitrogens is 3. The fourth-order valence-electron chi connectivity index (χ4n) is 1.62. The summed E-state index contributed by atoms with van der Waals surface area (Å²) in [6.45, 7) is 0.908. The van der Waals surface area contributed by atoms with Crippen LogP contribution in [0.4, 0.5) is 5.82 Å². The molecule has 120 valence electrons. The van der Waals surface area contributed by atoms with E-state index < -0.39 is 10.0 Å². The van der Waals surface area contributed by atoms with Crippen molar-refractivity contribution in [3.8, 4) is 0 Å². The van der Waals surface area contributed by atoms with Gasteiger partial charge in [0.05, 0.1) is 23.9 Å². The van der Waals surface area contributed by atoms with Gasteiger partial charge < -0.3 is 10.1 Å². The van der Waals surface area contributed by atoms with Gasteiger partial charge in [-0.15, -0.1) is 0 Å². The summed E-state index contributed by atoms with van der Waals surface area (Å²) in [5.41, 5.74) is 0.857. The number of hydrogen-bond acceptors (Lipinski definition) is 6. The monoisotopic (exact) mass is 345 g/mol. The maximum Gasteiger partial charge on any atom is 0.242 e. The smallest absolute Gasteiger partial charge is 0.242 e. The molecule has 2 aromatic heterocycles. The van der Waals surface area contributed by atoms with Crippen molar-refractivity contribution in [2.45, 2.75) is 11.4 Å². The quantitative estimate of drug-likeness (QED) is 0.616. The molecule has 0 amide bonds. The number of anilines is 1. The molecule has 0 aliphatic carbocycles. The summed E-state index contributed by atoms with van der Waals surface area (Å²) in [6.07, 6.45) is 2.88. The summed E-state index contributed by atoms with van der Waals surface area (Å²) in [4.78, 5) is 4.05. The van der Waals surface area contributed by atoms with Crippen molar-refractivity contribution in [1.82, 2.24) is 19.9 Å². The predicted molar refractivity (Wildman–Crippen MR) is 82.2 cm³/mol. The van der Waals surface area contributed by atoms with Crippen LogP contribution >= 0.6 is 11.6 Å². The van der Waals surface area contributed by atoms with E-state index in [-0.39, 0.29) is 23.1 Å². The van der Waals surface area contributed by atoms with Crippen molar-refractivity contribution < 1.29 is 13.2 Å². The van der Waals surface area contributed by atoms with Crippen LogP contribution in [0.15, 0.2) is 29.4 Å². The Morgan fingerprint density at radius 1 is 1.45 bits per heavy atom. The Hall–Kier alpha value is -1.68. The Kier molecular flexibility index (Phi) is 5.72. The minimum absolute atomic E-state index is 0.000642. The lowest BCUT2D eigenvalue weighted by Crippen LogP contribution is -2.27. The van der Waals surface area contributed by atoms with Crippen LogP contribution < -0.4 is 10.0 Å². The molecule has 0 aliphatic rings. The van der Waals surface area contributed by atoms with Crippen LogP contribution in [0.1, 0.15) is 5.69 Å². The first-order valence-electron chi connectivity index (χ1n) is 6.39. The van der Waals surface area contributed by atoms with Gasteiger partial charge in [-0.1, -0.05) is 11.6 Å². The van der Waals surface area contributed by atoms with E-state index in [1.165, 1.54) is 19.4 Å². The van der Waals surface area contributed by atoms with Crippen LogP contribution in [0, 0.1) is 0 Å². The second-order valence-electron chi connectivity index (χ2n) is 4.33. The largest absolute Gasteiger partial charge is 0.383 e. The van der Waals surface area contributed by atoms with Crippen molar-refractivity contribution in [2.24, 2.45) is 0 Å². The fraction of sp³-hybridized carbons (Fsp3) is 0.333. The molecule has 0 fully saturated rings. The first-order chi connectivity index (χ1) is 10.5. The lowest BCUT2D eigenvalue weighted by molar-refractivity contribution is 0.204. The lowest BCUT2D eigenvalue weighted by atomic mass is 10.4. The minimum Gasteiger partial charge on any atom is -0.383 e. The molecule has 0 saturated heterocycles. The molecule has 0 spiro atoms. The van der Waals surface area contributed by atoms with E-state index in [4.69, 9.17) is 16.3 Å². The van der Waals surface area contributed by atoms with Gasteiger partial charge in [0.15, 0.2) is 0 Å². The van der Waals surface area contributed by atoms with Gasteiger partial charge in [-0.05, 0) is 12.1 Å². The Labute approximate surface area is 133 Å². The third-order valence-corrected chi connectivity index (χ3v) is 4.45. The highest BCUT2D eigenvalue weighted by Gasteiger charge is 2.16. The van der Waals surface area contributed by atoms with Gasteiger partial charge in [0.2, 0.25) is 10.0 Å². The molecule has 2 aromatic rings. The van der Waals surface area contributed by atoms with Crippen molar-refractivity contribution >= 4 is 27.4 Å². The van der Waals surface area contributed by atoms with Crippen molar-refractivity contribution in [3.05, 3.63) is 35.2 Å². The predicted octanol–water partition coefficient (Wildman–Crippen LogP) is 0.995. The van der Waals surface area contributed by atoms with E-state index in [1.807, 2.05) is 0 Å². The number of pyridine rings is 1. The molecule has 2 heterocycles. The van der Waals surface area contributed by atoms with Crippen LogP contribution in [0.3, 0.4) is 0 Å². The second kappa shape index (κ2) is 7.54. The average molecular weight is 346 g/mol. The Morgan fingerprint density at radius 3 is 2.91 bits per heavy atom. The fourth-order valence-corrected chi connectivity index (χ4v) is 2.90. The second-order valence-corrected chi connectivity index (χ2v) is 6.50. The normalized spacial score (nSPS) is 11.5. The highest BCUT2D eigenvalue weighted by molar-refractivity contribution is 7.89. The summed E-state index contributed by atoms with van der Waals surface area (Å²) in [5, 5.41) is 9.83. The summed E-state index contributed by atoms with van der Waals surface area (Å²) in [7, 11) is -2.16. The molecule has 0 unspecified atom stereocenters. The van der Waals surface area contributed by atoms with Gasteiger partial charge in [-0.3, -0.25) is 5.10 Å². The van der Waals surface area contributed by atoms with Crippen LogP contribution in [0.5, 0.6) is 0 Å². The molecular weight excluding hydrogens is 330 g/mol. The van der Waals surface area contributed by atoms with Gasteiger partial charge in [-0.2, -0.15) is 5.10 Å². The zero-order chi connectivity index (χ0) is 16.0. The number of ether oxygens (including phenoxy) is 1. The van der Waals surface area contributed by atoms with Gasteiger partial charge in [0.25, 0.3) is 0 Å². The number of H-pyrrole nitrogens is 1. The maximum absolute atomic E-state index is 12.0. The summed E-state index contributed by atoms with van der Waals surface area (Å²) in [5.74, 6) is 0.395. The topological polar surface area (TPSA) is 109 Å². The Morgan fingerprint density at radius 2 is 2.27 bits per heavy atom. The van der Waals surface area contributed by atoms with Crippen LogP contribution in [-0.4, -0.2) is 43.9 Å². The van der Waals surface area contributed by atoms with Crippen molar-refractivity contribution in [1.29, 1.82) is 0 Å². The third kappa shape index (κ3) is 4.41. The number of halogens is 1. The number of sulfonamides is 1. The first kappa shape index (κ1) is 16.7. The molecule has 0 radical (unpaired) electrons. The molecule has 0 bridgehead atoms. The standard InChI is InChI=1S/C12H16ClN5O3S/c1-21-5-4-17-22(19,20)10-6-11(13)12(15-8-10)14-7-9-2-3-16-18-9/h2-3,6,8,17H,4-5,7H2,1H3,(H,14,15)(H,16,18). The molecule has 3 N–H and O–H groups in total.